The molecular formula is C20H18ClFN4O2. The first-order valence-corrected chi connectivity index (χ1v) is 9.32. The van der Waals surface area contributed by atoms with E-state index in [1.165, 1.54) is 12.1 Å². The Balaban J connectivity index is 1.34. The van der Waals surface area contributed by atoms with E-state index >= 15 is 0 Å². The summed E-state index contributed by atoms with van der Waals surface area (Å²) in [4.78, 5) is 20.9. The fourth-order valence-electron chi connectivity index (χ4n) is 3.17. The van der Waals surface area contributed by atoms with Crippen LogP contribution in [0.2, 0.25) is 5.02 Å². The molecule has 6 nitrogen and oxygen atoms in total. The van der Waals surface area contributed by atoms with Crippen molar-refractivity contribution < 1.29 is 13.7 Å². The minimum atomic E-state index is -0.349. The van der Waals surface area contributed by atoms with Crippen LogP contribution in [0.5, 0.6) is 0 Å². The summed E-state index contributed by atoms with van der Waals surface area (Å²) in [7, 11) is 0. The second kappa shape index (κ2) is 8.08. The summed E-state index contributed by atoms with van der Waals surface area (Å²) in [6.07, 6.45) is 0. The van der Waals surface area contributed by atoms with Gasteiger partial charge in [-0.1, -0.05) is 28.9 Å². The van der Waals surface area contributed by atoms with Crippen LogP contribution in [0.3, 0.4) is 0 Å². The van der Waals surface area contributed by atoms with Gasteiger partial charge in [-0.25, -0.2) is 4.39 Å². The molecule has 144 valence electrons. The van der Waals surface area contributed by atoms with Crippen LogP contribution in [0.1, 0.15) is 16.2 Å². The average molecular weight is 401 g/mol. The molecule has 1 amide bonds. The Bertz CT molecular complexity index is 986. The molecule has 0 unspecified atom stereocenters. The van der Waals surface area contributed by atoms with E-state index in [0.717, 1.165) is 0 Å². The van der Waals surface area contributed by atoms with Gasteiger partial charge in [-0.15, -0.1) is 0 Å². The van der Waals surface area contributed by atoms with Gasteiger partial charge < -0.3 is 9.42 Å². The number of hydrogen-bond donors (Lipinski definition) is 0. The third-order valence-electron chi connectivity index (χ3n) is 4.64. The van der Waals surface area contributed by atoms with E-state index in [-0.39, 0.29) is 11.7 Å². The van der Waals surface area contributed by atoms with Crippen molar-refractivity contribution in [2.75, 3.05) is 26.2 Å². The molecule has 0 aliphatic carbocycles. The number of amides is 1. The third kappa shape index (κ3) is 4.21. The van der Waals surface area contributed by atoms with Crippen molar-refractivity contribution in [2.24, 2.45) is 0 Å². The molecule has 1 saturated heterocycles. The van der Waals surface area contributed by atoms with E-state index in [2.05, 4.69) is 15.0 Å². The molecule has 2 heterocycles. The number of halogens is 2. The minimum Gasteiger partial charge on any atom is -0.336 e. The fourth-order valence-corrected chi connectivity index (χ4v) is 3.36. The van der Waals surface area contributed by atoms with Crippen LogP contribution in [-0.4, -0.2) is 52.0 Å². The first-order valence-electron chi connectivity index (χ1n) is 8.94. The van der Waals surface area contributed by atoms with Crippen molar-refractivity contribution in [1.82, 2.24) is 19.9 Å². The van der Waals surface area contributed by atoms with E-state index in [1.54, 1.807) is 36.4 Å². The van der Waals surface area contributed by atoms with E-state index < -0.39 is 0 Å². The number of carbonyl (C=O) groups excluding carboxylic acids is 1. The molecule has 2 aromatic carbocycles. The molecule has 0 N–H and O–H groups in total. The van der Waals surface area contributed by atoms with Crippen molar-refractivity contribution in [2.45, 2.75) is 6.54 Å². The lowest BCUT2D eigenvalue weighted by Crippen LogP contribution is -2.48. The quantitative estimate of drug-likeness (QED) is 0.671. The van der Waals surface area contributed by atoms with Crippen LogP contribution >= 0.6 is 11.6 Å². The summed E-state index contributed by atoms with van der Waals surface area (Å²) in [5.41, 5.74) is 1.15. The Labute approximate surface area is 166 Å². The van der Waals surface area contributed by atoms with Gasteiger partial charge in [-0.2, -0.15) is 4.98 Å². The molecule has 1 fully saturated rings. The Hall–Kier alpha value is -2.77. The highest BCUT2D eigenvalue weighted by Crippen LogP contribution is 2.19. The molecule has 1 aliphatic heterocycles. The summed E-state index contributed by atoms with van der Waals surface area (Å²) < 4.78 is 18.6. The van der Waals surface area contributed by atoms with Gasteiger partial charge in [-0.05, 0) is 36.4 Å². The van der Waals surface area contributed by atoms with Gasteiger partial charge in [0, 0.05) is 42.3 Å². The van der Waals surface area contributed by atoms with Gasteiger partial charge in [-0.3, -0.25) is 9.69 Å². The zero-order valence-electron chi connectivity index (χ0n) is 15.0. The molecule has 8 heteroatoms. The predicted octanol–water partition coefficient (Wildman–Crippen LogP) is 3.49. The van der Waals surface area contributed by atoms with E-state index in [0.29, 0.717) is 60.6 Å². The van der Waals surface area contributed by atoms with Crippen molar-refractivity contribution in [3.05, 3.63) is 70.8 Å². The van der Waals surface area contributed by atoms with E-state index in [4.69, 9.17) is 16.1 Å². The van der Waals surface area contributed by atoms with Crippen LogP contribution in [0.25, 0.3) is 11.5 Å². The minimum absolute atomic E-state index is 0.0184. The summed E-state index contributed by atoms with van der Waals surface area (Å²) in [6.45, 7) is 3.14. The number of rotatable bonds is 4. The second-order valence-corrected chi connectivity index (χ2v) is 7.04. The Morgan fingerprint density at radius 2 is 1.89 bits per heavy atom. The zero-order chi connectivity index (χ0) is 19.5. The lowest BCUT2D eigenvalue weighted by atomic mass is 10.2. The number of carbonyl (C=O) groups is 1. The van der Waals surface area contributed by atoms with Gasteiger partial charge in [0.1, 0.15) is 5.82 Å². The van der Waals surface area contributed by atoms with E-state index in [1.807, 2.05) is 4.90 Å². The maximum absolute atomic E-state index is 13.3. The molecule has 28 heavy (non-hydrogen) atoms. The first kappa shape index (κ1) is 18.6. The third-order valence-corrected chi connectivity index (χ3v) is 4.87. The monoisotopic (exact) mass is 400 g/mol. The zero-order valence-corrected chi connectivity index (χ0v) is 15.8. The van der Waals surface area contributed by atoms with Crippen molar-refractivity contribution in [1.29, 1.82) is 0 Å². The molecule has 0 atom stereocenters. The maximum Gasteiger partial charge on any atom is 0.258 e. The highest BCUT2D eigenvalue weighted by molar-refractivity contribution is 6.30. The van der Waals surface area contributed by atoms with Gasteiger partial charge in [0.15, 0.2) is 5.82 Å². The second-order valence-electron chi connectivity index (χ2n) is 6.60. The molecule has 1 aromatic heterocycles. The van der Waals surface area contributed by atoms with Crippen molar-refractivity contribution in [3.63, 3.8) is 0 Å². The number of benzene rings is 2. The molecule has 0 bridgehead atoms. The van der Waals surface area contributed by atoms with E-state index in [9.17, 15) is 9.18 Å². The number of hydrogen-bond acceptors (Lipinski definition) is 5. The van der Waals surface area contributed by atoms with Gasteiger partial charge in [0.25, 0.3) is 11.8 Å². The number of aromatic nitrogens is 2. The SMILES string of the molecule is O=C(c1cccc(Cl)c1)N1CCN(Cc2noc(-c3cccc(F)c3)n2)CC1. The average Bonchev–Trinajstić information content (AvgIpc) is 3.17. The molecule has 0 radical (unpaired) electrons. The molecular weight excluding hydrogens is 383 g/mol. The Morgan fingerprint density at radius 3 is 2.64 bits per heavy atom. The molecule has 0 saturated carbocycles. The highest BCUT2D eigenvalue weighted by atomic mass is 35.5. The summed E-state index contributed by atoms with van der Waals surface area (Å²) >= 11 is 5.97. The standard InChI is InChI=1S/C20H18ClFN4O2/c21-16-5-1-4-15(11-16)20(27)26-9-7-25(8-10-26)13-18-23-19(28-24-18)14-3-2-6-17(22)12-14/h1-6,11-12H,7-10,13H2. The smallest absolute Gasteiger partial charge is 0.258 e. The van der Waals surface area contributed by atoms with Crippen LogP contribution in [-0.2, 0) is 6.54 Å². The molecule has 3 aromatic rings. The van der Waals surface area contributed by atoms with Gasteiger partial charge in [0.2, 0.25) is 0 Å². The largest absolute Gasteiger partial charge is 0.336 e. The van der Waals surface area contributed by atoms with Gasteiger partial charge in [0.05, 0.1) is 6.54 Å². The number of nitrogens with zero attached hydrogens (tertiary/aromatic N) is 4. The van der Waals surface area contributed by atoms with Crippen LogP contribution in [0.15, 0.2) is 53.1 Å². The topological polar surface area (TPSA) is 62.5 Å². The van der Waals surface area contributed by atoms with Crippen LogP contribution in [0, 0.1) is 5.82 Å². The van der Waals surface area contributed by atoms with Crippen molar-refractivity contribution in [3.8, 4) is 11.5 Å². The Kier molecular flexibility index (Phi) is 5.36. The lowest BCUT2D eigenvalue weighted by Gasteiger charge is -2.34. The number of piperazine rings is 1. The summed E-state index contributed by atoms with van der Waals surface area (Å²) in [5.74, 6) is 0.464. The van der Waals surface area contributed by atoms with Crippen LogP contribution in [0.4, 0.5) is 4.39 Å². The first-order chi connectivity index (χ1) is 13.6. The summed E-state index contributed by atoms with van der Waals surface area (Å²) in [6, 6.07) is 13.0. The van der Waals surface area contributed by atoms with Crippen LogP contribution < -0.4 is 0 Å². The molecule has 0 spiro atoms. The lowest BCUT2D eigenvalue weighted by molar-refractivity contribution is 0.0624. The highest BCUT2D eigenvalue weighted by Gasteiger charge is 2.23. The Morgan fingerprint density at radius 1 is 1.11 bits per heavy atom. The molecule has 1 aliphatic rings. The molecule has 4 rings (SSSR count). The summed E-state index contributed by atoms with van der Waals surface area (Å²) in [5, 5.41) is 4.53. The fraction of sp³-hybridized carbons (Fsp3) is 0.250. The van der Waals surface area contributed by atoms with Crippen molar-refractivity contribution >= 4 is 17.5 Å². The maximum atomic E-state index is 13.3. The van der Waals surface area contributed by atoms with Gasteiger partial charge >= 0.3 is 0 Å². The normalized spacial score (nSPS) is 15.0. The predicted molar refractivity (Wildman–Crippen MR) is 102 cm³/mol.